The van der Waals surface area contributed by atoms with Gasteiger partial charge < -0.3 is 15.2 Å². The molecular formula is C14H18N4O. The summed E-state index contributed by atoms with van der Waals surface area (Å²) in [6.45, 7) is 2.68. The van der Waals surface area contributed by atoms with Crippen LogP contribution in [-0.4, -0.2) is 18.2 Å². The number of hydrogen-bond acceptors (Lipinski definition) is 3. The van der Waals surface area contributed by atoms with E-state index in [0.29, 0.717) is 6.54 Å². The Morgan fingerprint density at radius 1 is 1.32 bits per heavy atom. The van der Waals surface area contributed by atoms with Crippen molar-refractivity contribution in [2.24, 2.45) is 4.99 Å². The van der Waals surface area contributed by atoms with Crippen molar-refractivity contribution in [3.8, 4) is 0 Å². The highest BCUT2D eigenvalue weighted by Gasteiger charge is 2.07. The van der Waals surface area contributed by atoms with Crippen molar-refractivity contribution in [2.75, 3.05) is 7.05 Å². The predicted molar refractivity (Wildman–Crippen MR) is 74.7 cm³/mol. The summed E-state index contributed by atoms with van der Waals surface area (Å²) in [5, 5.41) is 10.4. The van der Waals surface area contributed by atoms with Crippen LogP contribution in [0, 0.1) is 0 Å². The SMILES string of the molecule is CN=C(NCc1ccon1)NC(C)c1ccccc1. The van der Waals surface area contributed by atoms with E-state index >= 15 is 0 Å². The number of nitrogens with one attached hydrogen (secondary N) is 2. The minimum atomic E-state index is 0.185. The van der Waals surface area contributed by atoms with Crippen LogP contribution in [0.3, 0.4) is 0 Å². The molecule has 0 saturated carbocycles. The van der Waals surface area contributed by atoms with Crippen molar-refractivity contribution < 1.29 is 4.52 Å². The van der Waals surface area contributed by atoms with Crippen LogP contribution in [0.25, 0.3) is 0 Å². The van der Waals surface area contributed by atoms with E-state index in [1.807, 2.05) is 24.3 Å². The van der Waals surface area contributed by atoms with Crippen LogP contribution in [0.4, 0.5) is 0 Å². The standard InChI is InChI=1S/C14H18N4O/c1-11(12-6-4-3-5-7-12)17-14(15-2)16-10-13-8-9-19-18-13/h3-9,11H,10H2,1-2H3,(H2,15,16,17). The summed E-state index contributed by atoms with van der Waals surface area (Å²) >= 11 is 0. The third kappa shape index (κ3) is 3.84. The van der Waals surface area contributed by atoms with Crippen LogP contribution in [0.15, 0.2) is 52.2 Å². The molecule has 0 spiro atoms. The summed E-state index contributed by atoms with van der Waals surface area (Å²) in [6.07, 6.45) is 1.56. The lowest BCUT2D eigenvalue weighted by atomic mass is 10.1. The number of rotatable bonds is 4. The zero-order valence-corrected chi connectivity index (χ0v) is 11.1. The maximum absolute atomic E-state index is 4.78. The highest BCUT2D eigenvalue weighted by Crippen LogP contribution is 2.10. The summed E-state index contributed by atoms with van der Waals surface area (Å²) in [6, 6.07) is 12.2. The zero-order valence-electron chi connectivity index (χ0n) is 11.1. The van der Waals surface area contributed by atoms with Crippen LogP contribution in [-0.2, 0) is 6.54 Å². The fourth-order valence-corrected chi connectivity index (χ4v) is 1.73. The molecular weight excluding hydrogens is 240 g/mol. The number of guanidine groups is 1. The van der Waals surface area contributed by atoms with Crippen LogP contribution in [0.2, 0.25) is 0 Å². The van der Waals surface area contributed by atoms with Gasteiger partial charge in [-0.15, -0.1) is 0 Å². The molecule has 2 N–H and O–H groups in total. The molecule has 0 radical (unpaired) electrons. The number of benzene rings is 1. The van der Waals surface area contributed by atoms with E-state index < -0.39 is 0 Å². The molecule has 5 heteroatoms. The van der Waals surface area contributed by atoms with Crippen LogP contribution in [0.1, 0.15) is 24.2 Å². The molecule has 1 unspecified atom stereocenters. The maximum atomic E-state index is 4.78. The van der Waals surface area contributed by atoms with Gasteiger partial charge in [-0.2, -0.15) is 0 Å². The molecule has 0 saturated heterocycles. The Labute approximate surface area is 112 Å². The topological polar surface area (TPSA) is 62.5 Å². The third-order valence-electron chi connectivity index (χ3n) is 2.80. The van der Waals surface area contributed by atoms with Gasteiger partial charge >= 0.3 is 0 Å². The van der Waals surface area contributed by atoms with Crippen molar-refractivity contribution in [3.05, 3.63) is 53.9 Å². The molecule has 1 aromatic carbocycles. The first kappa shape index (κ1) is 13.1. The molecule has 5 nitrogen and oxygen atoms in total. The Bertz CT molecular complexity index is 508. The first-order valence-corrected chi connectivity index (χ1v) is 6.21. The second-order valence-electron chi connectivity index (χ2n) is 4.19. The minimum Gasteiger partial charge on any atom is -0.364 e. The Hall–Kier alpha value is -2.30. The molecule has 100 valence electrons. The molecule has 0 bridgehead atoms. The molecule has 0 amide bonds. The van der Waals surface area contributed by atoms with Crippen molar-refractivity contribution in [2.45, 2.75) is 19.5 Å². The van der Waals surface area contributed by atoms with Gasteiger partial charge in [0, 0.05) is 13.1 Å². The number of aromatic nitrogens is 1. The molecule has 19 heavy (non-hydrogen) atoms. The second-order valence-corrected chi connectivity index (χ2v) is 4.19. The van der Waals surface area contributed by atoms with E-state index in [2.05, 4.69) is 39.8 Å². The fraction of sp³-hybridized carbons (Fsp3) is 0.286. The largest absolute Gasteiger partial charge is 0.364 e. The van der Waals surface area contributed by atoms with Gasteiger partial charge in [0.25, 0.3) is 0 Å². The Balaban J connectivity index is 1.89. The van der Waals surface area contributed by atoms with Crippen molar-refractivity contribution in [1.82, 2.24) is 15.8 Å². The minimum absolute atomic E-state index is 0.185. The zero-order chi connectivity index (χ0) is 13.5. The highest BCUT2D eigenvalue weighted by molar-refractivity contribution is 5.80. The summed E-state index contributed by atoms with van der Waals surface area (Å²) in [5.41, 5.74) is 2.06. The van der Waals surface area contributed by atoms with Gasteiger partial charge in [-0.1, -0.05) is 35.5 Å². The smallest absolute Gasteiger partial charge is 0.191 e. The van der Waals surface area contributed by atoms with Crippen molar-refractivity contribution in [1.29, 1.82) is 0 Å². The predicted octanol–water partition coefficient (Wildman–Crippen LogP) is 2.10. The summed E-state index contributed by atoms with van der Waals surface area (Å²) in [4.78, 5) is 4.19. The summed E-state index contributed by atoms with van der Waals surface area (Å²) in [5.74, 6) is 0.736. The molecule has 1 heterocycles. The molecule has 1 atom stereocenters. The van der Waals surface area contributed by atoms with Gasteiger partial charge in [0.2, 0.25) is 0 Å². The summed E-state index contributed by atoms with van der Waals surface area (Å²) < 4.78 is 4.78. The average Bonchev–Trinajstić information content (AvgIpc) is 2.97. The van der Waals surface area contributed by atoms with Gasteiger partial charge in [-0.05, 0) is 12.5 Å². The van der Waals surface area contributed by atoms with Gasteiger partial charge in [0.1, 0.15) is 12.0 Å². The first-order valence-electron chi connectivity index (χ1n) is 6.21. The molecule has 0 fully saturated rings. The Morgan fingerprint density at radius 2 is 2.11 bits per heavy atom. The molecule has 0 aliphatic rings. The normalized spacial score (nSPS) is 13.1. The van der Waals surface area contributed by atoms with E-state index in [1.165, 1.54) is 5.56 Å². The lowest BCUT2D eigenvalue weighted by molar-refractivity contribution is 0.410. The van der Waals surface area contributed by atoms with Gasteiger partial charge in [-0.25, -0.2) is 0 Å². The fourth-order valence-electron chi connectivity index (χ4n) is 1.73. The quantitative estimate of drug-likeness (QED) is 0.651. The molecule has 0 aliphatic heterocycles. The van der Waals surface area contributed by atoms with Crippen LogP contribution >= 0.6 is 0 Å². The molecule has 2 aromatic rings. The monoisotopic (exact) mass is 258 g/mol. The Morgan fingerprint density at radius 3 is 2.74 bits per heavy atom. The Kier molecular flexibility index (Phi) is 4.55. The second kappa shape index (κ2) is 6.58. The molecule has 1 aromatic heterocycles. The number of aliphatic imine (C=N–C) groups is 1. The van der Waals surface area contributed by atoms with E-state index in [-0.39, 0.29) is 6.04 Å². The van der Waals surface area contributed by atoms with Gasteiger partial charge in [-0.3, -0.25) is 4.99 Å². The summed E-state index contributed by atoms with van der Waals surface area (Å²) in [7, 11) is 1.75. The number of nitrogens with zero attached hydrogens (tertiary/aromatic N) is 2. The van der Waals surface area contributed by atoms with Crippen molar-refractivity contribution >= 4 is 5.96 Å². The van der Waals surface area contributed by atoms with E-state index in [0.717, 1.165) is 11.7 Å². The van der Waals surface area contributed by atoms with E-state index in [1.54, 1.807) is 13.3 Å². The lowest BCUT2D eigenvalue weighted by Gasteiger charge is -2.17. The first-order chi connectivity index (χ1) is 9.29. The molecule has 0 aliphatic carbocycles. The van der Waals surface area contributed by atoms with E-state index in [9.17, 15) is 0 Å². The van der Waals surface area contributed by atoms with Crippen LogP contribution < -0.4 is 10.6 Å². The third-order valence-corrected chi connectivity index (χ3v) is 2.80. The lowest BCUT2D eigenvalue weighted by Crippen LogP contribution is -2.38. The van der Waals surface area contributed by atoms with Crippen LogP contribution in [0.5, 0.6) is 0 Å². The maximum Gasteiger partial charge on any atom is 0.191 e. The van der Waals surface area contributed by atoms with Gasteiger partial charge in [0.05, 0.1) is 12.6 Å². The van der Waals surface area contributed by atoms with Gasteiger partial charge in [0.15, 0.2) is 5.96 Å². The van der Waals surface area contributed by atoms with Crippen molar-refractivity contribution in [3.63, 3.8) is 0 Å². The number of hydrogen-bond donors (Lipinski definition) is 2. The average molecular weight is 258 g/mol. The highest BCUT2D eigenvalue weighted by atomic mass is 16.5. The molecule has 2 rings (SSSR count). The van der Waals surface area contributed by atoms with E-state index in [4.69, 9.17) is 4.52 Å².